The maximum atomic E-state index is 12.0. The van der Waals surface area contributed by atoms with Gasteiger partial charge in [-0.1, -0.05) is 187 Å². The van der Waals surface area contributed by atoms with Crippen LogP contribution in [0.4, 0.5) is 0 Å². The van der Waals surface area contributed by atoms with Gasteiger partial charge in [-0.25, -0.2) is 4.74 Å². The van der Waals surface area contributed by atoms with Crippen LogP contribution in [0.15, 0.2) is 0 Å². The van der Waals surface area contributed by atoms with Crippen molar-refractivity contribution in [3.8, 4) is 0 Å². The molecular formula is C35H71NO. The Morgan fingerprint density at radius 3 is 0.892 bits per heavy atom. The highest BCUT2D eigenvalue weighted by Crippen LogP contribution is 2.15. The fourth-order valence-corrected chi connectivity index (χ4v) is 5.48. The molecular weight excluding hydrogens is 450 g/mol. The van der Waals surface area contributed by atoms with Crippen LogP contribution >= 0.6 is 0 Å². The molecule has 2 nitrogen and oxygen atoms in total. The lowest BCUT2D eigenvalue weighted by atomic mass is 10.0. The lowest BCUT2D eigenvalue weighted by Crippen LogP contribution is -2.06. The van der Waals surface area contributed by atoms with Gasteiger partial charge in [-0.15, -0.1) is 0 Å². The Morgan fingerprint density at radius 1 is 0.351 bits per heavy atom. The van der Waals surface area contributed by atoms with Crippen LogP contribution in [0, 0.1) is 5.21 Å². The minimum Gasteiger partial charge on any atom is -0.624 e. The molecule has 0 saturated carbocycles. The van der Waals surface area contributed by atoms with E-state index in [1.165, 1.54) is 191 Å². The highest BCUT2D eigenvalue weighted by Gasteiger charge is 1.98. The van der Waals surface area contributed by atoms with E-state index >= 15 is 0 Å². The Bertz CT molecular complexity index is 433. The summed E-state index contributed by atoms with van der Waals surface area (Å²) >= 11 is 0. The van der Waals surface area contributed by atoms with Gasteiger partial charge in [-0.3, -0.25) is 0 Å². The van der Waals surface area contributed by atoms with Gasteiger partial charge in [0.25, 0.3) is 0 Å². The molecule has 0 aliphatic carbocycles. The summed E-state index contributed by atoms with van der Waals surface area (Å²) in [5.74, 6) is 0. The summed E-state index contributed by atoms with van der Waals surface area (Å²) in [6.07, 6.45) is 44.5. The maximum Gasteiger partial charge on any atom is 0.153 e. The van der Waals surface area contributed by atoms with Crippen LogP contribution in [0.1, 0.15) is 213 Å². The summed E-state index contributed by atoms with van der Waals surface area (Å²) < 4.78 is 1.21. The molecule has 0 saturated heterocycles. The molecule has 0 radical (unpaired) electrons. The Morgan fingerprint density at radius 2 is 0.595 bits per heavy atom. The molecule has 0 N–H and O–H groups in total. The molecule has 0 rings (SSSR count). The number of unbranched alkanes of at least 4 members (excludes halogenated alkanes) is 29. The zero-order valence-electron chi connectivity index (χ0n) is 26.1. The van der Waals surface area contributed by atoms with Crippen molar-refractivity contribution in [3.63, 3.8) is 0 Å². The predicted molar refractivity (Wildman–Crippen MR) is 169 cm³/mol. The predicted octanol–water partition coefficient (Wildman–Crippen LogP) is 12.7. The molecule has 0 atom stereocenters. The molecule has 0 heterocycles. The highest BCUT2D eigenvalue weighted by atomic mass is 16.5. The van der Waals surface area contributed by atoms with Crippen LogP contribution in [-0.4, -0.2) is 17.5 Å². The van der Waals surface area contributed by atoms with Gasteiger partial charge in [0.1, 0.15) is 0 Å². The van der Waals surface area contributed by atoms with E-state index in [2.05, 4.69) is 13.8 Å². The molecule has 0 amide bonds. The van der Waals surface area contributed by atoms with Crippen molar-refractivity contribution < 1.29 is 4.74 Å². The van der Waals surface area contributed by atoms with Gasteiger partial charge in [-0.05, 0) is 12.8 Å². The zero-order chi connectivity index (χ0) is 26.9. The summed E-state index contributed by atoms with van der Waals surface area (Å²) in [5.41, 5.74) is 0. The number of hydrogen-bond acceptors (Lipinski definition) is 1. The zero-order valence-corrected chi connectivity index (χ0v) is 26.1. The second kappa shape index (κ2) is 33.5. The minimum atomic E-state index is 0.705. The van der Waals surface area contributed by atoms with Gasteiger partial charge < -0.3 is 5.21 Å². The monoisotopic (exact) mass is 522 g/mol. The van der Waals surface area contributed by atoms with Crippen molar-refractivity contribution in [1.29, 1.82) is 0 Å². The van der Waals surface area contributed by atoms with E-state index in [4.69, 9.17) is 0 Å². The number of hydrogen-bond donors (Lipinski definition) is 0. The Kier molecular flexibility index (Phi) is 33.0. The van der Waals surface area contributed by atoms with Gasteiger partial charge in [0.15, 0.2) is 12.8 Å². The Hall–Kier alpha value is -0.530. The van der Waals surface area contributed by atoms with Crippen molar-refractivity contribution in [2.45, 2.75) is 213 Å². The lowest BCUT2D eigenvalue weighted by molar-refractivity contribution is -0.454. The average Bonchev–Trinajstić information content (AvgIpc) is 2.90. The third kappa shape index (κ3) is 33.4. The van der Waals surface area contributed by atoms with Gasteiger partial charge in [0, 0.05) is 12.8 Å². The smallest absolute Gasteiger partial charge is 0.153 e. The largest absolute Gasteiger partial charge is 0.624 e. The van der Waals surface area contributed by atoms with E-state index in [1.54, 1.807) is 0 Å². The van der Waals surface area contributed by atoms with E-state index in [0.717, 1.165) is 12.8 Å². The molecule has 0 bridgehead atoms. The van der Waals surface area contributed by atoms with Gasteiger partial charge >= 0.3 is 0 Å². The van der Waals surface area contributed by atoms with Crippen LogP contribution in [-0.2, 0) is 0 Å². The van der Waals surface area contributed by atoms with E-state index in [9.17, 15) is 5.21 Å². The lowest BCUT2D eigenvalue weighted by Gasteiger charge is -2.05. The van der Waals surface area contributed by atoms with Gasteiger partial charge in [0.2, 0.25) is 0 Å². The first kappa shape index (κ1) is 36.5. The molecule has 222 valence electrons. The van der Waals surface area contributed by atoms with Crippen LogP contribution < -0.4 is 0 Å². The maximum absolute atomic E-state index is 12.0. The molecule has 0 spiro atoms. The molecule has 37 heavy (non-hydrogen) atoms. The van der Waals surface area contributed by atoms with Crippen molar-refractivity contribution in [3.05, 3.63) is 5.21 Å². The molecule has 0 aliphatic rings. The standard InChI is InChI=1S/C35H71NO/c1-3-5-7-9-11-13-15-17-19-20-21-23-25-27-29-31-33-35-36(37)34-32-30-28-26-24-22-18-16-14-12-10-8-6-4-2/h35H,3-34H2,1-2H3. The number of hydroxylamine groups is 1. The molecule has 0 unspecified atom stereocenters. The minimum absolute atomic E-state index is 0.705. The summed E-state index contributed by atoms with van der Waals surface area (Å²) in [4.78, 5) is 0. The van der Waals surface area contributed by atoms with E-state index in [1.807, 2.05) is 6.21 Å². The third-order valence-corrected chi connectivity index (χ3v) is 8.12. The second-order valence-electron chi connectivity index (χ2n) is 12.0. The van der Waals surface area contributed by atoms with Crippen LogP contribution in [0.3, 0.4) is 0 Å². The summed E-state index contributed by atoms with van der Waals surface area (Å²) in [6.45, 7) is 5.29. The average molecular weight is 522 g/mol. The Labute approximate surface area is 235 Å². The first-order valence-electron chi connectivity index (χ1n) is 17.6. The molecule has 2 heteroatoms. The van der Waals surface area contributed by atoms with Crippen LogP contribution in [0.5, 0.6) is 0 Å². The summed E-state index contributed by atoms with van der Waals surface area (Å²) in [5, 5.41) is 12.0. The molecule has 0 aromatic heterocycles. The summed E-state index contributed by atoms with van der Waals surface area (Å²) in [6, 6.07) is 0. The SMILES string of the molecule is CCCCCCCCCCCCCCCCCCC=[N+]([O-])CCCCCCCCCCCCCCCC. The molecule has 0 aliphatic heterocycles. The van der Waals surface area contributed by atoms with E-state index in [0.29, 0.717) is 6.54 Å². The van der Waals surface area contributed by atoms with E-state index < -0.39 is 0 Å². The first-order valence-corrected chi connectivity index (χ1v) is 17.6. The third-order valence-electron chi connectivity index (χ3n) is 8.12. The normalized spacial score (nSPS) is 12.0. The van der Waals surface area contributed by atoms with Crippen molar-refractivity contribution in [2.75, 3.05) is 6.54 Å². The highest BCUT2D eigenvalue weighted by molar-refractivity contribution is 5.50. The molecule has 0 aromatic carbocycles. The number of rotatable bonds is 32. The number of nitrogens with zero attached hydrogens (tertiary/aromatic N) is 1. The van der Waals surface area contributed by atoms with Crippen molar-refractivity contribution in [1.82, 2.24) is 0 Å². The van der Waals surface area contributed by atoms with Crippen LogP contribution in [0.2, 0.25) is 0 Å². The van der Waals surface area contributed by atoms with Gasteiger partial charge in [0.05, 0.1) is 0 Å². The topological polar surface area (TPSA) is 26.1 Å². The second-order valence-corrected chi connectivity index (χ2v) is 12.0. The summed E-state index contributed by atoms with van der Waals surface area (Å²) in [7, 11) is 0. The van der Waals surface area contributed by atoms with Crippen molar-refractivity contribution in [2.24, 2.45) is 0 Å². The van der Waals surface area contributed by atoms with Gasteiger partial charge in [-0.2, -0.15) is 0 Å². The quantitative estimate of drug-likeness (QED) is 0.0284. The fourth-order valence-electron chi connectivity index (χ4n) is 5.48. The molecule has 0 fully saturated rings. The van der Waals surface area contributed by atoms with Crippen molar-refractivity contribution >= 4 is 6.21 Å². The Balaban J connectivity index is 3.20. The van der Waals surface area contributed by atoms with E-state index in [-0.39, 0.29) is 0 Å². The molecule has 0 aromatic rings. The fraction of sp³-hybridized carbons (Fsp3) is 0.971. The van der Waals surface area contributed by atoms with Crippen LogP contribution in [0.25, 0.3) is 0 Å². The first-order chi connectivity index (χ1) is 18.3.